The Morgan fingerprint density at radius 2 is 2.31 bits per heavy atom. The summed E-state index contributed by atoms with van der Waals surface area (Å²) in [6, 6.07) is 4.79. The first kappa shape index (κ1) is 11.3. The first-order chi connectivity index (χ1) is 7.68. The molecule has 0 spiro atoms. The van der Waals surface area contributed by atoms with Crippen LogP contribution in [0.1, 0.15) is 0 Å². The number of benzene rings is 1. The van der Waals surface area contributed by atoms with Crippen LogP contribution in [0.4, 0.5) is 5.69 Å². The van der Waals surface area contributed by atoms with Crippen LogP contribution in [0.15, 0.2) is 33.8 Å². The molecule has 2 rings (SSSR count). The summed E-state index contributed by atoms with van der Waals surface area (Å²) in [4.78, 5) is 14.8. The molecule has 0 aliphatic rings. The van der Waals surface area contributed by atoms with E-state index in [9.17, 15) is 10.1 Å². The van der Waals surface area contributed by atoms with E-state index in [1.165, 1.54) is 35.7 Å². The zero-order valence-corrected chi connectivity index (χ0v) is 10.1. The van der Waals surface area contributed by atoms with Crippen molar-refractivity contribution < 1.29 is 4.92 Å². The minimum atomic E-state index is -0.494. The van der Waals surface area contributed by atoms with E-state index in [2.05, 4.69) is 9.36 Å². The Morgan fingerprint density at radius 1 is 1.50 bits per heavy atom. The summed E-state index contributed by atoms with van der Waals surface area (Å²) in [6.07, 6.45) is 1.41. The summed E-state index contributed by atoms with van der Waals surface area (Å²) >= 11 is 8.14. The van der Waals surface area contributed by atoms with Crippen molar-refractivity contribution in [2.45, 2.75) is 9.24 Å². The van der Waals surface area contributed by atoms with Gasteiger partial charge >= 0.3 is 5.69 Å². The minimum absolute atomic E-state index is 0.0932. The lowest BCUT2D eigenvalue weighted by atomic mass is 10.3. The standard InChI is InChI=1S/C8H4ClN3O2S2/c9-5-2-1-3-6(7(5)12(13)14)15-8-10-4-11-16-8/h1-4H. The van der Waals surface area contributed by atoms with Crippen molar-refractivity contribution in [2.75, 3.05) is 0 Å². The van der Waals surface area contributed by atoms with Crippen LogP contribution in [0.3, 0.4) is 0 Å². The second kappa shape index (κ2) is 4.77. The molecule has 0 unspecified atom stereocenters. The SMILES string of the molecule is O=[N+]([O-])c1c(Cl)cccc1Sc1ncns1. The molecular weight excluding hydrogens is 270 g/mol. The van der Waals surface area contributed by atoms with Crippen molar-refractivity contribution in [1.29, 1.82) is 0 Å². The van der Waals surface area contributed by atoms with Gasteiger partial charge in [-0.2, -0.15) is 4.37 Å². The summed E-state index contributed by atoms with van der Waals surface area (Å²) in [6.45, 7) is 0. The topological polar surface area (TPSA) is 68.9 Å². The van der Waals surface area contributed by atoms with Gasteiger partial charge in [-0.05, 0) is 23.7 Å². The molecule has 16 heavy (non-hydrogen) atoms. The van der Waals surface area contributed by atoms with Crippen LogP contribution in [-0.4, -0.2) is 14.3 Å². The average molecular weight is 274 g/mol. The average Bonchev–Trinajstić information content (AvgIpc) is 2.70. The molecular formula is C8H4ClN3O2S2. The molecule has 0 atom stereocenters. The predicted octanol–water partition coefficient (Wildman–Crippen LogP) is 3.25. The molecule has 0 saturated heterocycles. The molecule has 0 radical (unpaired) electrons. The fourth-order valence-corrected chi connectivity index (χ4v) is 2.90. The van der Waals surface area contributed by atoms with Gasteiger partial charge in [0.25, 0.3) is 0 Å². The molecule has 0 aliphatic heterocycles. The first-order valence-corrected chi connectivity index (χ1v) is 6.02. The number of para-hydroxylation sites is 1. The third-order valence-corrected chi connectivity index (χ3v) is 3.74. The van der Waals surface area contributed by atoms with Gasteiger partial charge in [0.05, 0.1) is 9.82 Å². The van der Waals surface area contributed by atoms with Crippen molar-refractivity contribution in [3.8, 4) is 0 Å². The highest BCUT2D eigenvalue weighted by Gasteiger charge is 2.19. The number of hydrogen-bond acceptors (Lipinski definition) is 6. The van der Waals surface area contributed by atoms with E-state index in [1.807, 2.05) is 0 Å². The number of nitro groups is 1. The van der Waals surface area contributed by atoms with Gasteiger partial charge in [0.15, 0.2) is 4.34 Å². The Labute approximate surface area is 104 Å². The first-order valence-electron chi connectivity index (χ1n) is 4.06. The van der Waals surface area contributed by atoms with Crippen LogP contribution in [0.2, 0.25) is 5.02 Å². The molecule has 5 nitrogen and oxygen atoms in total. The largest absolute Gasteiger partial charge is 0.301 e. The molecule has 82 valence electrons. The lowest BCUT2D eigenvalue weighted by molar-refractivity contribution is -0.387. The van der Waals surface area contributed by atoms with Gasteiger partial charge in [0, 0.05) is 0 Å². The number of rotatable bonds is 3. The van der Waals surface area contributed by atoms with Crippen molar-refractivity contribution >= 4 is 40.6 Å². The van der Waals surface area contributed by atoms with Gasteiger partial charge in [-0.1, -0.05) is 29.4 Å². The number of hydrogen-bond donors (Lipinski definition) is 0. The zero-order chi connectivity index (χ0) is 11.5. The Morgan fingerprint density at radius 3 is 2.94 bits per heavy atom. The fraction of sp³-hybridized carbons (Fsp3) is 0. The smallest absolute Gasteiger partial charge is 0.258 e. The molecule has 1 heterocycles. The van der Waals surface area contributed by atoms with Crippen LogP contribution < -0.4 is 0 Å². The molecule has 0 bridgehead atoms. The maximum atomic E-state index is 10.8. The maximum absolute atomic E-state index is 10.8. The van der Waals surface area contributed by atoms with Gasteiger partial charge in [0.2, 0.25) is 0 Å². The normalized spacial score (nSPS) is 10.3. The summed E-state index contributed by atoms with van der Waals surface area (Å²) in [5.74, 6) is 0. The molecule has 0 saturated carbocycles. The van der Waals surface area contributed by atoms with Gasteiger partial charge in [-0.3, -0.25) is 10.1 Å². The summed E-state index contributed by atoms with van der Waals surface area (Å²) in [5.41, 5.74) is -0.0932. The van der Waals surface area contributed by atoms with Crippen LogP contribution in [0, 0.1) is 10.1 Å². The van der Waals surface area contributed by atoms with E-state index in [0.29, 0.717) is 9.24 Å². The zero-order valence-electron chi connectivity index (χ0n) is 7.66. The Bertz CT molecular complexity index is 518. The lowest BCUT2D eigenvalue weighted by Crippen LogP contribution is -1.91. The van der Waals surface area contributed by atoms with E-state index >= 15 is 0 Å². The van der Waals surface area contributed by atoms with Gasteiger partial charge in [0.1, 0.15) is 11.3 Å². The number of nitro benzene ring substituents is 1. The molecule has 2 aromatic rings. The minimum Gasteiger partial charge on any atom is -0.258 e. The molecule has 1 aromatic carbocycles. The second-order valence-corrected chi connectivity index (χ2v) is 5.13. The third kappa shape index (κ3) is 2.31. The van der Waals surface area contributed by atoms with Gasteiger partial charge < -0.3 is 0 Å². The summed E-state index contributed by atoms with van der Waals surface area (Å²) in [5, 5.41) is 11.0. The van der Waals surface area contributed by atoms with Crippen LogP contribution in [-0.2, 0) is 0 Å². The van der Waals surface area contributed by atoms with Gasteiger partial charge in [-0.25, -0.2) is 4.98 Å². The summed E-state index contributed by atoms with van der Waals surface area (Å²) in [7, 11) is 0. The van der Waals surface area contributed by atoms with Crippen molar-refractivity contribution in [1.82, 2.24) is 9.36 Å². The Balaban J connectivity index is 2.40. The van der Waals surface area contributed by atoms with Crippen molar-refractivity contribution in [3.63, 3.8) is 0 Å². The summed E-state index contributed by atoms with van der Waals surface area (Å²) < 4.78 is 4.47. The van der Waals surface area contributed by atoms with Crippen LogP contribution in [0.25, 0.3) is 0 Å². The maximum Gasteiger partial charge on any atom is 0.301 e. The van der Waals surface area contributed by atoms with E-state index < -0.39 is 4.92 Å². The molecule has 8 heteroatoms. The van der Waals surface area contributed by atoms with Crippen LogP contribution in [0.5, 0.6) is 0 Å². The molecule has 0 aliphatic carbocycles. The van der Waals surface area contributed by atoms with Crippen molar-refractivity contribution in [2.24, 2.45) is 0 Å². The van der Waals surface area contributed by atoms with Crippen molar-refractivity contribution in [3.05, 3.63) is 39.7 Å². The predicted molar refractivity (Wildman–Crippen MR) is 62.1 cm³/mol. The van der Waals surface area contributed by atoms with E-state index in [0.717, 1.165) is 0 Å². The number of halogens is 1. The van der Waals surface area contributed by atoms with Gasteiger partial charge in [-0.15, -0.1) is 0 Å². The molecule has 0 N–H and O–H groups in total. The second-order valence-electron chi connectivity index (χ2n) is 2.65. The lowest BCUT2D eigenvalue weighted by Gasteiger charge is -2.00. The fourth-order valence-electron chi connectivity index (χ4n) is 1.06. The highest BCUT2D eigenvalue weighted by molar-refractivity contribution is 8.01. The van der Waals surface area contributed by atoms with E-state index in [-0.39, 0.29) is 10.7 Å². The molecule has 1 aromatic heterocycles. The number of aromatic nitrogens is 2. The van der Waals surface area contributed by atoms with E-state index in [1.54, 1.807) is 12.1 Å². The van der Waals surface area contributed by atoms with E-state index in [4.69, 9.17) is 11.6 Å². The quantitative estimate of drug-likeness (QED) is 0.634. The number of nitrogens with zero attached hydrogens (tertiary/aromatic N) is 3. The monoisotopic (exact) mass is 273 g/mol. The molecule has 0 fully saturated rings. The Kier molecular flexibility index (Phi) is 3.37. The Hall–Kier alpha value is -1.18. The molecule has 0 amide bonds. The van der Waals surface area contributed by atoms with Crippen LogP contribution >= 0.6 is 34.9 Å². The highest BCUT2D eigenvalue weighted by Crippen LogP contribution is 2.38. The highest BCUT2D eigenvalue weighted by atomic mass is 35.5. The third-order valence-electron chi connectivity index (χ3n) is 1.67.